The molecule has 0 aliphatic carbocycles. The highest BCUT2D eigenvalue weighted by atomic mass is 35.5. The minimum Gasteiger partial charge on any atom is -0.389 e. The van der Waals surface area contributed by atoms with Gasteiger partial charge in [0.1, 0.15) is 0 Å². The Hall–Kier alpha value is -0.650. The second-order valence-corrected chi connectivity index (χ2v) is 5.39. The summed E-state index contributed by atoms with van der Waals surface area (Å²) in [5.74, 6) is 0. The van der Waals surface area contributed by atoms with Gasteiger partial charge in [-0.3, -0.25) is 0 Å². The van der Waals surface area contributed by atoms with Gasteiger partial charge in [0.25, 0.3) is 0 Å². The Morgan fingerprint density at radius 3 is 2.81 bits per heavy atom. The second kappa shape index (κ2) is 12.0. The molecule has 1 aromatic rings. The Labute approximate surface area is 132 Å². The van der Waals surface area contributed by atoms with Crippen molar-refractivity contribution >= 4 is 11.6 Å². The van der Waals surface area contributed by atoms with Crippen LogP contribution in [-0.4, -0.2) is 44.2 Å². The van der Waals surface area contributed by atoms with E-state index in [1.54, 1.807) is 0 Å². The zero-order valence-corrected chi connectivity index (χ0v) is 13.4. The third-order valence-corrected chi connectivity index (χ3v) is 3.16. The van der Waals surface area contributed by atoms with Crippen molar-refractivity contribution in [2.75, 3.05) is 33.0 Å². The smallest absolute Gasteiger partial charge is 0.0897 e. The molecular formula is C16H26ClNO3. The van der Waals surface area contributed by atoms with Crippen LogP contribution in [-0.2, 0) is 16.0 Å². The van der Waals surface area contributed by atoms with E-state index in [1.807, 2.05) is 24.3 Å². The molecular weight excluding hydrogens is 290 g/mol. The summed E-state index contributed by atoms with van der Waals surface area (Å²) in [4.78, 5) is 0. The predicted molar refractivity (Wildman–Crippen MR) is 85.7 cm³/mol. The van der Waals surface area contributed by atoms with Gasteiger partial charge in [-0.1, -0.05) is 37.1 Å². The molecule has 1 unspecified atom stereocenters. The molecule has 120 valence electrons. The summed E-state index contributed by atoms with van der Waals surface area (Å²) in [6.07, 6.45) is 1.70. The number of hydrogen-bond donors (Lipinski definition) is 2. The molecule has 0 fully saturated rings. The molecule has 0 aliphatic rings. The lowest BCUT2D eigenvalue weighted by molar-refractivity contribution is 0.00385. The molecule has 0 saturated carbocycles. The molecule has 5 heteroatoms. The molecule has 4 nitrogen and oxygen atoms in total. The van der Waals surface area contributed by atoms with Crippen molar-refractivity contribution in [2.24, 2.45) is 0 Å². The van der Waals surface area contributed by atoms with Crippen LogP contribution in [0.1, 0.15) is 25.3 Å². The first-order valence-electron chi connectivity index (χ1n) is 7.51. The maximum absolute atomic E-state index is 9.77. The van der Waals surface area contributed by atoms with Gasteiger partial charge < -0.3 is 19.9 Å². The van der Waals surface area contributed by atoms with Crippen LogP contribution in [0.5, 0.6) is 0 Å². The van der Waals surface area contributed by atoms with Gasteiger partial charge >= 0.3 is 0 Å². The van der Waals surface area contributed by atoms with Crippen LogP contribution in [0.15, 0.2) is 24.3 Å². The number of rotatable bonds is 12. The molecule has 0 aliphatic heterocycles. The van der Waals surface area contributed by atoms with Gasteiger partial charge in [0, 0.05) is 24.7 Å². The van der Waals surface area contributed by atoms with Gasteiger partial charge in [0.2, 0.25) is 0 Å². The summed E-state index contributed by atoms with van der Waals surface area (Å²) in [7, 11) is 0. The van der Waals surface area contributed by atoms with E-state index in [2.05, 4.69) is 12.2 Å². The van der Waals surface area contributed by atoms with Crippen LogP contribution < -0.4 is 5.32 Å². The normalized spacial score (nSPS) is 12.5. The molecule has 0 bridgehead atoms. The van der Waals surface area contributed by atoms with E-state index in [-0.39, 0.29) is 0 Å². The van der Waals surface area contributed by atoms with E-state index in [0.29, 0.717) is 32.9 Å². The fourth-order valence-electron chi connectivity index (χ4n) is 1.77. The molecule has 1 atom stereocenters. The van der Waals surface area contributed by atoms with Crippen molar-refractivity contribution in [3.63, 3.8) is 0 Å². The Balaban J connectivity index is 1.97. The van der Waals surface area contributed by atoms with Gasteiger partial charge in [0.15, 0.2) is 0 Å². The number of hydrogen-bond acceptors (Lipinski definition) is 4. The summed E-state index contributed by atoms with van der Waals surface area (Å²) < 4.78 is 10.7. The molecule has 0 spiro atoms. The minimum absolute atomic E-state index is 0.319. The average molecular weight is 316 g/mol. The molecule has 0 heterocycles. The maximum atomic E-state index is 9.77. The Morgan fingerprint density at radius 2 is 2.05 bits per heavy atom. The Bertz CT molecular complexity index is 376. The Morgan fingerprint density at radius 1 is 1.24 bits per heavy atom. The molecule has 2 N–H and O–H groups in total. The standard InChI is InChI=1S/C16H26ClNO3/c1-2-3-7-20-8-9-21-13-16(19)12-18-11-14-5-4-6-15(17)10-14/h4-6,10,16,18-19H,2-3,7-9,11-13H2,1H3. The van der Waals surface area contributed by atoms with Crippen LogP contribution in [0, 0.1) is 0 Å². The van der Waals surface area contributed by atoms with Crippen LogP contribution in [0.25, 0.3) is 0 Å². The van der Waals surface area contributed by atoms with E-state index < -0.39 is 6.10 Å². The molecule has 0 radical (unpaired) electrons. The molecule has 0 saturated heterocycles. The first-order valence-corrected chi connectivity index (χ1v) is 7.89. The zero-order valence-electron chi connectivity index (χ0n) is 12.7. The minimum atomic E-state index is -0.514. The van der Waals surface area contributed by atoms with Gasteiger partial charge in [-0.25, -0.2) is 0 Å². The van der Waals surface area contributed by atoms with E-state index in [4.69, 9.17) is 21.1 Å². The van der Waals surface area contributed by atoms with Crippen molar-refractivity contribution in [1.82, 2.24) is 5.32 Å². The number of aliphatic hydroxyl groups is 1. The highest BCUT2D eigenvalue weighted by Gasteiger charge is 2.04. The lowest BCUT2D eigenvalue weighted by atomic mass is 10.2. The number of unbranched alkanes of at least 4 members (excludes halogenated alkanes) is 1. The zero-order chi connectivity index (χ0) is 15.3. The summed E-state index contributed by atoms with van der Waals surface area (Å²) >= 11 is 5.91. The SMILES string of the molecule is CCCCOCCOCC(O)CNCc1cccc(Cl)c1. The quantitative estimate of drug-likeness (QED) is 0.582. The van der Waals surface area contributed by atoms with Crippen LogP contribution in [0.2, 0.25) is 5.02 Å². The maximum Gasteiger partial charge on any atom is 0.0897 e. The van der Waals surface area contributed by atoms with Gasteiger partial charge in [-0.15, -0.1) is 0 Å². The third-order valence-electron chi connectivity index (χ3n) is 2.92. The number of nitrogens with one attached hydrogen (secondary N) is 1. The summed E-state index contributed by atoms with van der Waals surface area (Å²) in [6.45, 7) is 5.51. The van der Waals surface area contributed by atoms with Gasteiger partial charge in [-0.05, 0) is 24.1 Å². The molecule has 0 amide bonds. The van der Waals surface area contributed by atoms with E-state index in [1.165, 1.54) is 0 Å². The monoisotopic (exact) mass is 315 g/mol. The summed E-state index contributed by atoms with van der Waals surface area (Å²) in [5.41, 5.74) is 1.10. The lowest BCUT2D eigenvalue weighted by Gasteiger charge is -2.12. The van der Waals surface area contributed by atoms with Gasteiger partial charge in [0.05, 0.1) is 25.9 Å². The van der Waals surface area contributed by atoms with Crippen LogP contribution in [0.3, 0.4) is 0 Å². The number of benzene rings is 1. The first-order chi connectivity index (χ1) is 10.2. The molecule has 0 aromatic heterocycles. The lowest BCUT2D eigenvalue weighted by Crippen LogP contribution is -2.30. The largest absolute Gasteiger partial charge is 0.389 e. The van der Waals surface area contributed by atoms with Crippen molar-refractivity contribution in [2.45, 2.75) is 32.4 Å². The van der Waals surface area contributed by atoms with Crippen LogP contribution in [0.4, 0.5) is 0 Å². The highest BCUT2D eigenvalue weighted by molar-refractivity contribution is 6.30. The molecule has 1 rings (SSSR count). The second-order valence-electron chi connectivity index (χ2n) is 4.96. The third kappa shape index (κ3) is 9.82. The van der Waals surface area contributed by atoms with Crippen molar-refractivity contribution in [3.8, 4) is 0 Å². The van der Waals surface area contributed by atoms with E-state index >= 15 is 0 Å². The van der Waals surface area contributed by atoms with Gasteiger partial charge in [-0.2, -0.15) is 0 Å². The highest BCUT2D eigenvalue weighted by Crippen LogP contribution is 2.10. The van der Waals surface area contributed by atoms with Crippen molar-refractivity contribution in [3.05, 3.63) is 34.9 Å². The average Bonchev–Trinajstić information content (AvgIpc) is 2.46. The van der Waals surface area contributed by atoms with Crippen molar-refractivity contribution < 1.29 is 14.6 Å². The Kier molecular flexibility index (Phi) is 10.5. The van der Waals surface area contributed by atoms with E-state index in [0.717, 1.165) is 30.0 Å². The van der Waals surface area contributed by atoms with Crippen LogP contribution >= 0.6 is 11.6 Å². The van der Waals surface area contributed by atoms with Crippen molar-refractivity contribution in [1.29, 1.82) is 0 Å². The number of ether oxygens (including phenoxy) is 2. The topological polar surface area (TPSA) is 50.7 Å². The molecule has 21 heavy (non-hydrogen) atoms. The fourth-order valence-corrected chi connectivity index (χ4v) is 1.99. The number of halogens is 1. The first kappa shape index (κ1) is 18.4. The summed E-state index contributed by atoms with van der Waals surface area (Å²) in [6, 6.07) is 7.66. The van der Waals surface area contributed by atoms with E-state index in [9.17, 15) is 5.11 Å². The predicted octanol–water partition coefficient (Wildman–Crippen LogP) is 2.62. The number of aliphatic hydroxyl groups excluding tert-OH is 1. The summed E-state index contributed by atoms with van der Waals surface area (Å²) in [5, 5.41) is 13.7. The molecule has 1 aromatic carbocycles. The fraction of sp³-hybridized carbons (Fsp3) is 0.625.